The van der Waals surface area contributed by atoms with Crippen LogP contribution in [0.3, 0.4) is 0 Å². The smallest absolute Gasteiger partial charge is 0.326 e. The second-order valence-electron chi connectivity index (χ2n) is 6.44. The van der Waals surface area contributed by atoms with E-state index in [1.807, 2.05) is 0 Å². The average molecular weight is 456 g/mol. The first-order chi connectivity index (χ1) is 14.6. The molecule has 31 heavy (non-hydrogen) atoms. The predicted molar refractivity (Wildman–Crippen MR) is 110 cm³/mol. The SMILES string of the molecule is NCC(=O)NC(CS)C(=O)NC(Cc1ccc(O)cc1)C(=O)NC(CC(=O)O)C(=O)O. The van der Waals surface area contributed by atoms with Crippen LogP contribution in [0, 0.1) is 0 Å². The Bertz CT molecular complexity index is 817. The van der Waals surface area contributed by atoms with Gasteiger partial charge in [0.15, 0.2) is 0 Å². The molecule has 8 N–H and O–H groups in total. The van der Waals surface area contributed by atoms with Gasteiger partial charge in [0, 0.05) is 12.2 Å². The molecule has 3 atom stereocenters. The number of carboxylic acid groups (broad SMARTS) is 2. The zero-order valence-electron chi connectivity index (χ0n) is 16.3. The summed E-state index contributed by atoms with van der Waals surface area (Å²) in [6, 6.07) is 1.53. The third-order valence-electron chi connectivity index (χ3n) is 4.02. The van der Waals surface area contributed by atoms with E-state index in [0.29, 0.717) is 5.56 Å². The molecule has 3 amide bonds. The first-order valence-corrected chi connectivity index (χ1v) is 9.64. The van der Waals surface area contributed by atoms with Gasteiger partial charge in [0.1, 0.15) is 23.9 Å². The van der Waals surface area contributed by atoms with E-state index in [1.54, 1.807) is 0 Å². The second kappa shape index (κ2) is 12.4. The number of nitrogens with two attached hydrogens (primary N) is 1. The fourth-order valence-corrected chi connectivity index (χ4v) is 2.70. The Kier molecular flexibility index (Phi) is 10.3. The molecule has 1 aromatic carbocycles. The molecule has 0 aromatic heterocycles. The van der Waals surface area contributed by atoms with Crippen LogP contribution in [-0.4, -0.2) is 75.4 Å². The van der Waals surface area contributed by atoms with Crippen LogP contribution in [0.2, 0.25) is 0 Å². The summed E-state index contributed by atoms with van der Waals surface area (Å²) in [6.45, 7) is -0.371. The third-order valence-corrected chi connectivity index (χ3v) is 4.39. The largest absolute Gasteiger partial charge is 0.508 e. The van der Waals surface area contributed by atoms with E-state index in [1.165, 1.54) is 24.3 Å². The zero-order chi connectivity index (χ0) is 23.6. The average Bonchev–Trinajstić information content (AvgIpc) is 2.71. The number of aromatic hydroxyl groups is 1. The molecule has 0 aliphatic rings. The highest BCUT2D eigenvalue weighted by molar-refractivity contribution is 7.80. The van der Waals surface area contributed by atoms with E-state index >= 15 is 0 Å². The number of hydrogen-bond donors (Lipinski definition) is 8. The number of nitrogens with one attached hydrogen (secondary N) is 3. The van der Waals surface area contributed by atoms with Crippen molar-refractivity contribution in [2.24, 2.45) is 5.73 Å². The van der Waals surface area contributed by atoms with Crippen molar-refractivity contribution in [3.8, 4) is 5.75 Å². The molecule has 0 radical (unpaired) electrons. The molecule has 3 unspecified atom stereocenters. The van der Waals surface area contributed by atoms with Crippen LogP contribution >= 0.6 is 12.6 Å². The second-order valence-corrected chi connectivity index (χ2v) is 6.80. The van der Waals surface area contributed by atoms with Crippen molar-refractivity contribution in [3.63, 3.8) is 0 Å². The number of benzene rings is 1. The maximum absolute atomic E-state index is 12.7. The topological polar surface area (TPSA) is 208 Å². The highest BCUT2D eigenvalue weighted by Gasteiger charge is 2.30. The molecular formula is C18H24N4O8S. The lowest BCUT2D eigenvalue weighted by molar-refractivity contribution is -0.147. The summed E-state index contributed by atoms with van der Waals surface area (Å²) in [7, 11) is 0. The van der Waals surface area contributed by atoms with Crippen LogP contribution in [-0.2, 0) is 30.4 Å². The summed E-state index contributed by atoms with van der Waals surface area (Å²) >= 11 is 3.99. The Balaban J connectivity index is 3.06. The van der Waals surface area contributed by atoms with E-state index in [9.17, 15) is 29.1 Å². The van der Waals surface area contributed by atoms with Crippen LogP contribution in [0.5, 0.6) is 5.75 Å². The molecule has 0 fully saturated rings. The first kappa shape index (κ1) is 25.7. The van der Waals surface area contributed by atoms with Gasteiger partial charge in [-0.15, -0.1) is 0 Å². The summed E-state index contributed by atoms with van der Waals surface area (Å²) in [6.07, 6.45) is -0.978. The van der Waals surface area contributed by atoms with Gasteiger partial charge < -0.3 is 37.0 Å². The Morgan fingerprint density at radius 2 is 1.45 bits per heavy atom. The zero-order valence-corrected chi connectivity index (χ0v) is 17.2. The van der Waals surface area contributed by atoms with Crippen molar-refractivity contribution in [1.82, 2.24) is 16.0 Å². The van der Waals surface area contributed by atoms with Crippen LogP contribution in [0.15, 0.2) is 24.3 Å². The maximum atomic E-state index is 12.7. The molecule has 0 heterocycles. The first-order valence-electron chi connectivity index (χ1n) is 9.00. The molecule has 0 saturated carbocycles. The molecule has 12 nitrogen and oxygen atoms in total. The Labute approximate surface area is 182 Å². The van der Waals surface area contributed by atoms with Gasteiger partial charge in [0.25, 0.3) is 0 Å². The van der Waals surface area contributed by atoms with Crippen molar-refractivity contribution >= 4 is 42.3 Å². The number of phenols is 1. The number of carboxylic acids is 2. The Morgan fingerprint density at radius 3 is 1.94 bits per heavy atom. The number of rotatable bonds is 12. The molecule has 170 valence electrons. The molecule has 0 spiro atoms. The van der Waals surface area contributed by atoms with Gasteiger partial charge in [-0.25, -0.2) is 4.79 Å². The Hall–Kier alpha value is -3.32. The van der Waals surface area contributed by atoms with Gasteiger partial charge in [-0.1, -0.05) is 12.1 Å². The number of aliphatic carboxylic acids is 2. The molecule has 1 aromatic rings. The quantitative estimate of drug-likeness (QED) is 0.161. The summed E-state index contributed by atoms with van der Waals surface area (Å²) in [5.74, 6) is -5.48. The lowest BCUT2D eigenvalue weighted by Crippen LogP contribution is -2.57. The third kappa shape index (κ3) is 8.92. The fourth-order valence-electron chi connectivity index (χ4n) is 2.44. The van der Waals surface area contributed by atoms with Gasteiger partial charge in [-0.05, 0) is 17.7 Å². The van der Waals surface area contributed by atoms with E-state index < -0.39 is 54.2 Å². The van der Waals surface area contributed by atoms with Crippen LogP contribution in [0.1, 0.15) is 12.0 Å². The van der Waals surface area contributed by atoms with Crippen molar-refractivity contribution in [2.45, 2.75) is 31.0 Å². The lowest BCUT2D eigenvalue weighted by Gasteiger charge is -2.23. The minimum atomic E-state index is -1.72. The van der Waals surface area contributed by atoms with E-state index in [2.05, 4.69) is 28.6 Å². The maximum Gasteiger partial charge on any atom is 0.326 e. The van der Waals surface area contributed by atoms with E-state index in [4.69, 9.17) is 15.9 Å². The minimum Gasteiger partial charge on any atom is -0.508 e. The monoisotopic (exact) mass is 456 g/mol. The summed E-state index contributed by atoms with van der Waals surface area (Å²) < 4.78 is 0. The van der Waals surface area contributed by atoms with E-state index in [0.717, 1.165) is 0 Å². The highest BCUT2D eigenvalue weighted by atomic mass is 32.1. The summed E-state index contributed by atoms with van der Waals surface area (Å²) in [4.78, 5) is 58.8. The van der Waals surface area contributed by atoms with Crippen molar-refractivity contribution in [3.05, 3.63) is 29.8 Å². The van der Waals surface area contributed by atoms with Crippen molar-refractivity contribution < 1.29 is 39.3 Å². The highest BCUT2D eigenvalue weighted by Crippen LogP contribution is 2.12. The molecule has 0 saturated heterocycles. The van der Waals surface area contributed by atoms with Crippen molar-refractivity contribution in [1.29, 1.82) is 0 Å². The molecule has 13 heteroatoms. The molecular weight excluding hydrogens is 432 g/mol. The number of carbonyl (C=O) groups is 5. The van der Waals surface area contributed by atoms with Crippen LogP contribution in [0.4, 0.5) is 0 Å². The molecule has 0 aliphatic heterocycles. The normalized spacial score (nSPS) is 13.4. The summed E-state index contributed by atoms with van der Waals surface area (Å²) in [5, 5.41) is 34.2. The summed E-state index contributed by atoms with van der Waals surface area (Å²) in [5.41, 5.74) is 5.72. The van der Waals surface area contributed by atoms with Crippen molar-refractivity contribution in [2.75, 3.05) is 12.3 Å². The van der Waals surface area contributed by atoms with Crippen LogP contribution < -0.4 is 21.7 Å². The van der Waals surface area contributed by atoms with Gasteiger partial charge in [-0.2, -0.15) is 12.6 Å². The van der Waals surface area contributed by atoms with Gasteiger partial charge in [0.2, 0.25) is 17.7 Å². The van der Waals surface area contributed by atoms with Crippen LogP contribution in [0.25, 0.3) is 0 Å². The number of phenolic OH excluding ortho intramolecular Hbond substituents is 1. The number of hydrogen-bond acceptors (Lipinski definition) is 8. The number of carbonyl (C=O) groups excluding carboxylic acids is 3. The predicted octanol–water partition coefficient (Wildman–Crippen LogP) is -2.16. The van der Waals surface area contributed by atoms with Gasteiger partial charge >= 0.3 is 11.9 Å². The fraction of sp³-hybridized carbons (Fsp3) is 0.389. The van der Waals surface area contributed by atoms with Gasteiger partial charge in [-0.3, -0.25) is 19.2 Å². The lowest BCUT2D eigenvalue weighted by atomic mass is 10.0. The van der Waals surface area contributed by atoms with Gasteiger partial charge in [0.05, 0.1) is 13.0 Å². The Morgan fingerprint density at radius 1 is 0.903 bits per heavy atom. The number of thiol groups is 1. The minimum absolute atomic E-state index is 0.0270. The van der Waals surface area contributed by atoms with E-state index in [-0.39, 0.29) is 24.5 Å². The molecule has 1 rings (SSSR count). The molecule has 0 aliphatic carbocycles. The number of amides is 3. The molecule has 0 bridgehead atoms. The standard InChI is InChI=1S/C18H24N4O8S/c19-7-14(24)20-13(8-31)17(28)21-11(5-9-1-3-10(23)4-2-9)16(27)22-12(18(29)30)6-15(25)26/h1-4,11-13,23,31H,5-8,19H2,(H,20,24)(H,21,28)(H,22,27)(H,25,26)(H,29,30).